The van der Waals surface area contributed by atoms with E-state index in [1.54, 1.807) is 0 Å². The van der Waals surface area contributed by atoms with Crippen LogP contribution in [-0.2, 0) is 42.7 Å². The van der Waals surface area contributed by atoms with Gasteiger partial charge < -0.3 is 38.3 Å². The Balaban J connectivity index is 3.05. The Hall–Kier alpha value is -1.30. The minimum absolute atomic E-state index is 0.196. The fraction of sp³-hybridized carbons (Fsp3) is 0.889. The summed E-state index contributed by atoms with van der Waals surface area (Å²) in [5.74, 6) is -1.19. The first kappa shape index (κ1) is 26.7. The van der Waals surface area contributed by atoms with E-state index in [1.165, 1.54) is 0 Å². The molecule has 0 amide bonds. The first-order valence-corrected chi connectivity index (χ1v) is 9.50. The van der Waals surface area contributed by atoms with Crippen LogP contribution in [0.2, 0.25) is 0 Å². The van der Waals surface area contributed by atoms with Gasteiger partial charge in [0, 0.05) is 6.42 Å². The van der Waals surface area contributed by atoms with Crippen molar-refractivity contribution in [2.24, 2.45) is 0 Å². The second kappa shape index (κ2) is 22.0. The molecule has 0 unspecified atom stereocenters. The van der Waals surface area contributed by atoms with Gasteiger partial charge in [0.1, 0.15) is 13.2 Å². The van der Waals surface area contributed by atoms with E-state index in [4.69, 9.17) is 38.3 Å². The van der Waals surface area contributed by atoms with Gasteiger partial charge in [0.2, 0.25) is 0 Å². The molecule has 0 fully saturated rings. The molecule has 0 rings (SSSR count). The van der Waals surface area contributed by atoms with Gasteiger partial charge in [0.25, 0.3) is 0 Å². The Labute approximate surface area is 166 Å². The van der Waals surface area contributed by atoms with Crippen molar-refractivity contribution in [1.29, 1.82) is 0 Å². The van der Waals surface area contributed by atoms with Crippen LogP contribution in [0.5, 0.6) is 0 Å². The minimum Gasteiger partial charge on any atom is -0.480 e. The van der Waals surface area contributed by atoms with Crippen molar-refractivity contribution in [3.63, 3.8) is 0 Å². The number of rotatable bonds is 22. The van der Waals surface area contributed by atoms with Crippen LogP contribution in [0.1, 0.15) is 19.8 Å². The van der Waals surface area contributed by atoms with Gasteiger partial charge in [0.05, 0.1) is 72.7 Å². The first-order chi connectivity index (χ1) is 13.7. The Bertz CT molecular complexity index is 364. The minimum atomic E-state index is -0.996. The van der Waals surface area contributed by atoms with E-state index in [0.29, 0.717) is 72.5 Å². The average molecular weight is 410 g/mol. The van der Waals surface area contributed by atoms with E-state index in [2.05, 4.69) is 0 Å². The molecule has 0 atom stereocenters. The number of aliphatic carboxylic acids is 1. The van der Waals surface area contributed by atoms with Crippen molar-refractivity contribution in [2.75, 3.05) is 85.9 Å². The predicted molar refractivity (Wildman–Crippen MR) is 98.4 cm³/mol. The molecule has 0 saturated heterocycles. The third-order valence-electron chi connectivity index (χ3n) is 3.03. The highest BCUT2D eigenvalue weighted by Crippen LogP contribution is 1.91. The lowest BCUT2D eigenvalue weighted by Gasteiger charge is -2.08. The number of carbonyl (C=O) groups is 2. The standard InChI is InChI=1S/C18H34O10/c1-2-3-18(21)28-15-14-26-11-10-24-7-6-22-4-5-23-8-9-25-12-13-27-16-17(19)20/h2-16H2,1H3,(H,19,20). The van der Waals surface area contributed by atoms with Crippen LogP contribution in [0, 0.1) is 0 Å². The number of hydrogen-bond acceptors (Lipinski definition) is 9. The molecule has 0 aliphatic carbocycles. The van der Waals surface area contributed by atoms with Crippen molar-refractivity contribution in [2.45, 2.75) is 19.8 Å². The molecule has 0 spiro atoms. The molecular formula is C18H34O10. The first-order valence-electron chi connectivity index (χ1n) is 9.50. The van der Waals surface area contributed by atoms with Crippen molar-refractivity contribution in [3.05, 3.63) is 0 Å². The topological polar surface area (TPSA) is 119 Å². The van der Waals surface area contributed by atoms with Crippen molar-refractivity contribution >= 4 is 11.9 Å². The molecule has 0 aliphatic rings. The molecule has 0 bridgehead atoms. The summed E-state index contributed by atoms with van der Waals surface area (Å²) in [6.07, 6.45) is 1.22. The zero-order chi connectivity index (χ0) is 20.7. The highest BCUT2D eigenvalue weighted by molar-refractivity contribution is 5.69. The van der Waals surface area contributed by atoms with Gasteiger partial charge in [-0.2, -0.15) is 0 Å². The third-order valence-corrected chi connectivity index (χ3v) is 3.03. The zero-order valence-corrected chi connectivity index (χ0v) is 16.7. The lowest BCUT2D eigenvalue weighted by Crippen LogP contribution is -2.15. The number of hydrogen-bond donors (Lipinski definition) is 1. The van der Waals surface area contributed by atoms with Crippen LogP contribution < -0.4 is 0 Å². The molecule has 1 N–H and O–H groups in total. The second-order valence-corrected chi connectivity index (χ2v) is 5.48. The quantitative estimate of drug-likeness (QED) is 0.200. The predicted octanol–water partition coefficient (Wildman–Crippen LogP) is 0.514. The maximum absolute atomic E-state index is 11.1. The number of esters is 1. The summed E-state index contributed by atoms with van der Waals surface area (Å²) >= 11 is 0. The van der Waals surface area contributed by atoms with Crippen LogP contribution in [0.3, 0.4) is 0 Å². The fourth-order valence-corrected chi connectivity index (χ4v) is 1.75. The highest BCUT2D eigenvalue weighted by atomic mass is 16.6. The van der Waals surface area contributed by atoms with Gasteiger partial charge in [0.15, 0.2) is 0 Å². The Morgan fingerprint density at radius 2 is 0.964 bits per heavy atom. The lowest BCUT2D eigenvalue weighted by molar-refractivity contribution is -0.145. The number of carboxylic acids is 1. The van der Waals surface area contributed by atoms with Crippen LogP contribution >= 0.6 is 0 Å². The fourth-order valence-electron chi connectivity index (χ4n) is 1.75. The van der Waals surface area contributed by atoms with Gasteiger partial charge in [-0.3, -0.25) is 4.79 Å². The van der Waals surface area contributed by atoms with Gasteiger partial charge in [-0.1, -0.05) is 6.92 Å². The second-order valence-electron chi connectivity index (χ2n) is 5.48. The summed E-state index contributed by atoms with van der Waals surface area (Å²) in [6, 6.07) is 0. The van der Waals surface area contributed by atoms with Gasteiger partial charge in [-0.15, -0.1) is 0 Å². The van der Waals surface area contributed by atoms with E-state index in [0.717, 1.165) is 6.42 Å². The summed E-state index contributed by atoms with van der Waals surface area (Å²) in [6.45, 7) is 6.42. The molecule has 166 valence electrons. The monoisotopic (exact) mass is 410 g/mol. The molecular weight excluding hydrogens is 376 g/mol. The SMILES string of the molecule is CCCC(=O)OCCOCCOCCOCCOCCOCCOCC(=O)O. The maximum Gasteiger partial charge on any atom is 0.329 e. The molecule has 10 nitrogen and oxygen atoms in total. The van der Waals surface area contributed by atoms with E-state index in [-0.39, 0.29) is 25.8 Å². The van der Waals surface area contributed by atoms with Gasteiger partial charge >= 0.3 is 11.9 Å². The molecule has 10 heteroatoms. The van der Waals surface area contributed by atoms with Gasteiger partial charge in [-0.25, -0.2) is 4.79 Å². The van der Waals surface area contributed by atoms with Crippen LogP contribution in [0.4, 0.5) is 0 Å². The number of carbonyl (C=O) groups excluding carboxylic acids is 1. The van der Waals surface area contributed by atoms with Crippen LogP contribution in [0.25, 0.3) is 0 Å². The molecule has 0 heterocycles. The van der Waals surface area contributed by atoms with Crippen molar-refractivity contribution < 1.29 is 47.9 Å². The average Bonchev–Trinajstić information content (AvgIpc) is 2.66. The molecule has 0 radical (unpaired) electrons. The van der Waals surface area contributed by atoms with E-state index in [9.17, 15) is 9.59 Å². The Morgan fingerprint density at radius 3 is 1.32 bits per heavy atom. The molecule has 0 aromatic rings. The van der Waals surface area contributed by atoms with E-state index in [1.807, 2.05) is 6.92 Å². The van der Waals surface area contributed by atoms with Crippen LogP contribution in [-0.4, -0.2) is 103 Å². The number of carboxylic acid groups (broad SMARTS) is 1. The number of ether oxygens (including phenoxy) is 7. The van der Waals surface area contributed by atoms with Crippen LogP contribution in [0.15, 0.2) is 0 Å². The third kappa shape index (κ3) is 22.7. The summed E-state index contributed by atoms with van der Waals surface area (Å²) < 4.78 is 36.2. The summed E-state index contributed by atoms with van der Waals surface area (Å²) in [5.41, 5.74) is 0. The van der Waals surface area contributed by atoms with Crippen molar-refractivity contribution in [1.82, 2.24) is 0 Å². The summed E-state index contributed by atoms with van der Waals surface area (Å²) in [5, 5.41) is 8.36. The molecule has 28 heavy (non-hydrogen) atoms. The van der Waals surface area contributed by atoms with Gasteiger partial charge in [-0.05, 0) is 6.42 Å². The maximum atomic E-state index is 11.1. The summed E-state index contributed by atoms with van der Waals surface area (Å²) in [4.78, 5) is 21.3. The molecule has 0 aliphatic heterocycles. The highest BCUT2D eigenvalue weighted by Gasteiger charge is 2.00. The molecule has 0 aromatic carbocycles. The smallest absolute Gasteiger partial charge is 0.329 e. The normalized spacial score (nSPS) is 10.9. The zero-order valence-electron chi connectivity index (χ0n) is 16.7. The van der Waals surface area contributed by atoms with Crippen molar-refractivity contribution in [3.8, 4) is 0 Å². The summed E-state index contributed by atoms with van der Waals surface area (Å²) in [7, 11) is 0. The molecule has 0 aromatic heterocycles. The Morgan fingerprint density at radius 1 is 0.607 bits per heavy atom. The molecule has 0 saturated carbocycles. The lowest BCUT2D eigenvalue weighted by atomic mass is 10.3. The van der Waals surface area contributed by atoms with E-state index < -0.39 is 5.97 Å². The van der Waals surface area contributed by atoms with E-state index >= 15 is 0 Å². The Kier molecular flexibility index (Phi) is 21.0. The largest absolute Gasteiger partial charge is 0.480 e.